The van der Waals surface area contributed by atoms with E-state index in [1.807, 2.05) is 6.92 Å². The molecule has 1 rings (SSSR count). The van der Waals surface area contributed by atoms with Gasteiger partial charge < -0.3 is 10.5 Å². The van der Waals surface area contributed by atoms with Gasteiger partial charge in [-0.3, -0.25) is 4.72 Å². The van der Waals surface area contributed by atoms with Gasteiger partial charge in [-0.25, -0.2) is 8.42 Å². The van der Waals surface area contributed by atoms with Crippen LogP contribution in [0.15, 0.2) is 24.3 Å². The van der Waals surface area contributed by atoms with Crippen LogP contribution in [0.4, 0.5) is 5.69 Å². The zero-order chi connectivity index (χ0) is 13.6. The molecule has 6 heteroatoms. The summed E-state index contributed by atoms with van der Waals surface area (Å²) in [5.41, 5.74) is 5.95. The topological polar surface area (TPSA) is 81.4 Å². The molecule has 1 aromatic carbocycles. The van der Waals surface area contributed by atoms with E-state index in [2.05, 4.69) is 4.72 Å². The van der Waals surface area contributed by atoms with Crippen LogP contribution >= 0.6 is 0 Å². The SMILES string of the molecule is CCOc1cccc(NS(=O)(=O)C(CC)CN)c1. The molecule has 1 aromatic rings. The van der Waals surface area contributed by atoms with Crippen molar-refractivity contribution in [2.75, 3.05) is 17.9 Å². The maximum Gasteiger partial charge on any atom is 0.236 e. The Morgan fingerprint density at radius 1 is 1.39 bits per heavy atom. The monoisotopic (exact) mass is 272 g/mol. The van der Waals surface area contributed by atoms with Gasteiger partial charge in [0.25, 0.3) is 0 Å². The molecule has 102 valence electrons. The van der Waals surface area contributed by atoms with Crippen LogP contribution in [0.25, 0.3) is 0 Å². The first-order valence-electron chi connectivity index (χ1n) is 5.98. The molecule has 0 saturated carbocycles. The van der Waals surface area contributed by atoms with Crippen molar-refractivity contribution in [1.29, 1.82) is 0 Å². The summed E-state index contributed by atoms with van der Waals surface area (Å²) in [6, 6.07) is 6.86. The van der Waals surface area contributed by atoms with Crippen molar-refractivity contribution in [2.24, 2.45) is 5.73 Å². The maximum absolute atomic E-state index is 12.0. The molecule has 0 aliphatic heterocycles. The Hall–Kier alpha value is -1.27. The second-order valence-electron chi connectivity index (χ2n) is 3.87. The van der Waals surface area contributed by atoms with E-state index < -0.39 is 15.3 Å². The lowest BCUT2D eigenvalue weighted by Gasteiger charge is -2.15. The summed E-state index contributed by atoms with van der Waals surface area (Å²) < 4.78 is 31.8. The van der Waals surface area contributed by atoms with E-state index in [9.17, 15) is 8.42 Å². The van der Waals surface area contributed by atoms with Crippen molar-refractivity contribution in [3.05, 3.63) is 24.3 Å². The third kappa shape index (κ3) is 3.89. The number of rotatable bonds is 7. The predicted octanol–water partition coefficient (Wildman–Crippen LogP) is 1.56. The first-order chi connectivity index (χ1) is 8.53. The van der Waals surface area contributed by atoms with Crippen LogP contribution in [0.2, 0.25) is 0 Å². The van der Waals surface area contributed by atoms with Crippen molar-refractivity contribution in [2.45, 2.75) is 25.5 Å². The van der Waals surface area contributed by atoms with Crippen LogP contribution < -0.4 is 15.2 Å². The summed E-state index contributed by atoms with van der Waals surface area (Å²) in [7, 11) is -3.44. The summed E-state index contributed by atoms with van der Waals surface area (Å²) in [5.74, 6) is 0.637. The van der Waals surface area contributed by atoms with E-state index in [1.54, 1.807) is 31.2 Å². The average Bonchev–Trinajstić information content (AvgIpc) is 2.30. The molecule has 0 fully saturated rings. The van der Waals surface area contributed by atoms with Crippen molar-refractivity contribution in [3.8, 4) is 5.75 Å². The Morgan fingerprint density at radius 3 is 2.67 bits per heavy atom. The lowest BCUT2D eigenvalue weighted by atomic mass is 10.3. The highest BCUT2D eigenvalue weighted by Gasteiger charge is 2.22. The third-order valence-corrected chi connectivity index (χ3v) is 4.49. The molecule has 0 heterocycles. The molecule has 0 spiro atoms. The van der Waals surface area contributed by atoms with Crippen molar-refractivity contribution >= 4 is 15.7 Å². The highest BCUT2D eigenvalue weighted by atomic mass is 32.2. The van der Waals surface area contributed by atoms with Gasteiger partial charge >= 0.3 is 0 Å². The highest BCUT2D eigenvalue weighted by Crippen LogP contribution is 2.19. The average molecular weight is 272 g/mol. The van der Waals surface area contributed by atoms with Gasteiger partial charge in [-0.1, -0.05) is 13.0 Å². The van der Waals surface area contributed by atoms with Crippen molar-refractivity contribution < 1.29 is 13.2 Å². The summed E-state index contributed by atoms with van der Waals surface area (Å²) >= 11 is 0. The van der Waals surface area contributed by atoms with E-state index >= 15 is 0 Å². The molecule has 0 saturated heterocycles. The van der Waals surface area contributed by atoms with Crippen LogP contribution in [0.1, 0.15) is 20.3 Å². The van der Waals surface area contributed by atoms with E-state index in [-0.39, 0.29) is 6.54 Å². The van der Waals surface area contributed by atoms with E-state index in [0.29, 0.717) is 24.5 Å². The fourth-order valence-corrected chi connectivity index (χ4v) is 2.89. The number of benzene rings is 1. The summed E-state index contributed by atoms with van der Waals surface area (Å²) in [6.45, 7) is 4.32. The molecule has 0 amide bonds. The molecule has 5 nitrogen and oxygen atoms in total. The molecular weight excluding hydrogens is 252 g/mol. The first-order valence-corrected chi connectivity index (χ1v) is 7.52. The number of hydrogen-bond acceptors (Lipinski definition) is 4. The number of nitrogens with two attached hydrogens (primary N) is 1. The maximum atomic E-state index is 12.0. The summed E-state index contributed by atoms with van der Waals surface area (Å²) in [6.07, 6.45) is 0.483. The van der Waals surface area contributed by atoms with Gasteiger partial charge in [0.15, 0.2) is 0 Å². The molecule has 3 N–H and O–H groups in total. The number of sulfonamides is 1. The van der Waals surface area contributed by atoms with Crippen LogP contribution in [0, 0.1) is 0 Å². The minimum Gasteiger partial charge on any atom is -0.494 e. The fourth-order valence-electron chi connectivity index (χ4n) is 1.58. The Balaban J connectivity index is 2.86. The van der Waals surface area contributed by atoms with E-state index in [4.69, 9.17) is 10.5 Å². The van der Waals surface area contributed by atoms with Crippen LogP contribution in [0.3, 0.4) is 0 Å². The van der Waals surface area contributed by atoms with Crippen LogP contribution in [-0.4, -0.2) is 26.8 Å². The first kappa shape index (κ1) is 14.8. The Morgan fingerprint density at radius 2 is 2.11 bits per heavy atom. The lowest BCUT2D eigenvalue weighted by Crippen LogP contribution is -2.33. The third-order valence-electron chi connectivity index (χ3n) is 2.56. The smallest absolute Gasteiger partial charge is 0.236 e. The van der Waals surface area contributed by atoms with Gasteiger partial charge in [-0.2, -0.15) is 0 Å². The molecule has 0 aromatic heterocycles. The standard InChI is InChI=1S/C12H20N2O3S/c1-3-12(9-13)18(15,16)14-10-6-5-7-11(8-10)17-4-2/h5-8,12,14H,3-4,9,13H2,1-2H3. The lowest BCUT2D eigenvalue weighted by molar-refractivity contribution is 0.340. The Bertz CT molecular complexity index is 470. The van der Waals surface area contributed by atoms with Gasteiger partial charge in [-0.05, 0) is 25.5 Å². The zero-order valence-electron chi connectivity index (χ0n) is 10.7. The highest BCUT2D eigenvalue weighted by molar-refractivity contribution is 7.93. The molecule has 1 atom stereocenters. The second-order valence-corrected chi connectivity index (χ2v) is 5.83. The molecular formula is C12H20N2O3S. The molecule has 1 unspecified atom stereocenters. The predicted molar refractivity (Wildman–Crippen MR) is 73.3 cm³/mol. The molecule has 0 bridgehead atoms. The molecule has 0 aliphatic carbocycles. The van der Waals surface area contributed by atoms with Crippen LogP contribution in [-0.2, 0) is 10.0 Å². The van der Waals surface area contributed by atoms with Gasteiger partial charge in [0.1, 0.15) is 5.75 Å². The molecule has 0 radical (unpaired) electrons. The van der Waals surface area contributed by atoms with Gasteiger partial charge in [-0.15, -0.1) is 0 Å². The Labute approximate surface area is 108 Å². The van der Waals surface area contributed by atoms with Crippen molar-refractivity contribution in [1.82, 2.24) is 0 Å². The summed E-state index contributed by atoms with van der Waals surface area (Å²) in [5, 5.41) is -0.576. The second kappa shape index (κ2) is 6.61. The Kier molecular flexibility index (Phi) is 5.43. The number of hydrogen-bond donors (Lipinski definition) is 2. The van der Waals surface area contributed by atoms with E-state index in [0.717, 1.165) is 0 Å². The number of nitrogens with one attached hydrogen (secondary N) is 1. The minimum atomic E-state index is -3.44. The van der Waals surface area contributed by atoms with Gasteiger partial charge in [0.05, 0.1) is 17.5 Å². The zero-order valence-corrected chi connectivity index (χ0v) is 11.5. The van der Waals surface area contributed by atoms with Gasteiger partial charge in [0.2, 0.25) is 10.0 Å². The van der Waals surface area contributed by atoms with Crippen molar-refractivity contribution in [3.63, 3.8) is 0 Å². The molecule has 0 aliphatic rings. The summed E-state index contributed by atoms with van der Waals surface area (Å²) in [4.78, 5) is 0. The number of anilines is 1. The van der Waals surface area contributed by atoms with E-state index in [1.165, 1.54) is 0 Å². The van der Waals surface area contributed by atoms with Gasteiger partial charge in [0, 0.05) is 12.6 Å². The quantitative estimate of drug-likeness (QED) is 0.789. The van der Waals surface area contributed by atoms with Crippen LogP contribution in [0.5, 0.6) is 5.75 Å². The largest absolute Gasteiger partial charge is 0.494 e. The fraction of sp³-hybridized carbons (Fsp3) is 0.500. The minimum absolute atomic E-state index is 0.108. The normalized spacial score (nSPS) is 13.1. The molecule has 18 heavy (non-hydrogen) atoms. The number of ether oxygens (including phenoxy) is 1.